The average molecular weight is 421 g/mol. The number of amides is 2. The number of hydrogen-bond acceptors (Lipinski definition) is 4. The summed E-state index contributed by atoms with van der Waals surface area (Å²) in [7, 11) is 1.65. The van der Waals surface area contributed by atoms with E-state index in [4.69, 9.17) is 4.74 Å². The molecule has 2 aromatic carbocycles. The zero-order valence-corrected chi connectivity index (χ0v) is 17.9. The first-order valence-corrected chi connectivity index (χ1v) is 10.8. The molecular formula is C24H24N2O3S. The maximum absolute atomic E-state index is 13.1. The van der Waals surface area contributed by atoms with Crippen LogP contribution in [0.1, 0.15) is 24.9 Å². The quantitative estimate of drug-likeness (QED) is 0.631. The summed E-state index contributed by atoms with van der Waals surface area (Å²) in [4.78, 5) is 31.2. The Morgan fingerprint density at radius 3 is 2.07 bits per heavy atom. The van der Waals surface area contributed by atoms with E-state index >= 15 is 0 Å². The molecule has 1 aromatic heterocycles. The highest BCUT2D eigenvalue weighted by molar-refractivity contribution is 7.14. The van der Waals surface area contributed by atoms with E-state index < -0.39 is 0 Å². The van der Waals surface area contributed by atoms with Gasteiger partial charge in [0.15, 0.2) is 0 Å². The van der Waals surface area contributed by atoms with Crippen LogP contribution in [0.15, 0.2) is 60.7 Å². The van der Waals surface area contributed by atoms with Crippen LogP contribution in [-0.2, 0) is 0 Å². The van der Waals surface area contributed by atoms with Gasteiger partial charge in [0.2, 0.25) is 0 Å². The van der Waals surface area contributed by atoms with Gasteiger partial charge < -0.3 is 14.5 Å². The number of piperazine rings is 1. The van der Waals surface area contributed by atoms with Gasteiger partial charge in [-0.2, -0.15) is 0 Å². The van der Waals surface area contributed by atoms with E-state index in [0.29, 0.717) is 31.7 Å². The molecule has 1 aliphatic rings. The highest BCUT2D eigenvalue weighted by atomic mass is 32.1. The van der Waals surface area contributed by atoms with Gasteiger partial charge in [-0.05, 0) is 48.4 Å². The second-order valence-electron chi connectivity index (χ2n) is 7.26. The summed E-state index contributed by atoms with van der Waals surface area (Å²) in [5.74, 6) is 0.872. The monoisotopic (exact) mass is 420 g/mol. The standard InChI is InChI=1S/C24H24N2O3S/c1-17-21(18-8-10-20(29-2)11-9-18)16-22(30-17)24(28)26-14-12-25(13-15-26)23(27)19-6-4-3-5-7-19/h3-11,16H,12-15H2,1-2H3. The molecule has 5 nitrogen and oxygen atoms in total. The Morgan fingerprint density at radius 2 is 1.47 bits per heavy atom. The van der Waals surface area contributed by atoms with Gasteiger partial charge >= 0.3 is 0 Å². The number of thiophene rings is 1. The molecule has 0 radical (unpaired) electrons. The molecular weight excluding hydrogens is 396 g/mol. The van der Waals surface area contributed by atoms with Crippen LogP contribution in [0.2, 0.25) is 0 Å². The molecule has 0 spiro atoms. The summed E-state index contributed by atoms with van der Waals surface area (Å²) < 4.78 is 5.23. The fourth-order valence-electron chi connectivity index (χ4n) is 3.68. The maximum atomic E-state index is 13.1. The summed E-state index contributed by atoms with van der Waals surface area (Å²) in [6, 6.07) is 19.1. The number of ether oxygens (including phenoxy) is 1. The molecule has 6 heteroatoms. The molecule has 30 heavy (non-hydrogen) atoms. The van der Waals surface area contributed by atoms with Gasteiger partial charge in [-0.3, -0.25) is 9.59 Å². The number of methoxy groups -OCH3 is 1. The molecule has 0 N–H and O–H groups in total. The van der Waals surface area contributed by atoms with Crippen molar-refractivity contribution in [2.45, 2.75) is 6.92 Å². The van der Waals surface area contributed by atoms with E-state index in [2.05, 4.69) is 0 Å². The first kappa shape index (κ1) is 20.2. The van der Waals surface area contributed by atoms with Crippen LogP contribution >= 0.6 is 11.3 Å². The Morgan fingerprint density at radius 1 is 0.867 bits per heavy atom. The molecule has 4 rings (SSSR count). The van der Waals surface area contributed by atoms with Crippen molar-refractivity contribution in [1.82, 2.24) is 9.80 Å². The van der Waals surface area contributed by atoms with Gasteiger partial charge in [-0.15, -0.1) is 11.3 Å². The number of carbonyl (C=O) groups excluding carboxylic acids is 2. The van der Waals surface area contributed by atoms with Gasteiger partial charge in [0, 0.05) is 36.6 Å². The summed E-state index contributed by atoms with van der Waals surface area (Å²) in [5.41, 5.74) is 2.83. The van der Waals surface area contributed by atoms with Gasteiger partial charge in [0.1, 0.15) is 5.75 Å². The normalized spacial score (nSPS) is 13.9. The molecule has 1 saturated heterocycles. The van der Waals surface area contributed by atoms with Crippen LogP contribution in [0, 0.1) is 6.92 Å². The van der Waals surface area contributed by atoms with E-state index in [1.54, 1.807) is 7.11 Å². The lowest BCUT2D eigenvalue weighted by atomic mass is 10.1. The van der Waals surface area contributed by atoms with Crippen LogP contribution in [0.25, 0.3) is 11.1 Å². The SMILES string of the molecule is COc1ccc(-c2cc(C(=O)N3CCN(C(=O)c4ccccc4)CC3)sc2C)cc1. The molecule has 0 saturated carbocycles. The topological polar surface area (TPSA) is 49.9 Å². The zero-order valence-electron chi connectivity index (χ0n) is 17.1. The average Bonchev–Trinajstić information content (AvgIpc) is 3.20. The van der Waals surface area contributed by atoms with Crippen LogP contribution < -0.4 is 4.74 Å². The molecule has 0 aliphatic carbocycles. The second-order valence-corrected chi connectivity index (χ2v) is 8.52. The van der Waals surface area contributed by atoms with Crippen LogP contribution in [-0.4, -0.2) is 54.9 Å². The minimum atomic E-state index is 0.0245. The minimum absolute atomic E-state index is 0.0245. The molecule has 0 unspecified atom stereocenters. The summed E-state index contributed by atoms with van der Waals surface area (Å²) in [5, 5.41) is 0. The number of carbonyl (C=O) groups is 2. The molecule has 2 amide bonds. The van der Waals surface area contributed by atoms with E-state index in [-0.39, 0.29) is 11.8 Å². The third-order valence-electron chi connectivity index (χ3n) is 5.40. The number of aryl methyl sites for hydroxylation is 1. The molecule has 1 fully saturated rings. The Balaban J connectivity index is 1.42. The predicted octanol–water partition coefficient (Wildman–Crippen LogP) is 4.33. The Bertz CT molecular complexity index is 1040. The highest BCUT2D eigenvalue weighted by Crippen LogP contribution is 2.32. The molecule has 3 aromatic rings. The Labute approximate surface area is 180 Å². The fourth-order valence-corrected chi connectivity index (χ4v) is 4.69. The lowest BCUT2D eigenvalue weighted by Crippen LogP contribution is -2.50. The first-order chi connectivity index (χ1) is 14.6. The third-order valence-corrected chi connectivity index (χ3v) is 6.44. The first-order valence-electron chi connectivity index (χ1n) is 9.95. The molecule has 2 heterocycles. The van der Waals surface area contributed by atoms with Gasteiger partial charge in [0.25, 0.3) is 11.8 Å². The van der Waals surface area contributed by atoms with Crippen molar-refractivity contribution in [2.75, 3.05) is 33.3 Å². The Kier molecular flexibility index (Phi) is 5.86. The van der Waals surface area contributed by atoms with Crippen molar-refractivity contribution in [1.29, 1.82) is 0 Å². The summed E-state index contributed by atoms with van der Waals surface area (Å²) >= 11 is 1.52. The van der Waals surface area contributed by atoms with Crippen LogP contribution in [0.5, 0.6) is 5.75 Å². The van der Waals surface area contributed by atoms with Gasteiger partial charge in [-0.1, -0.05) is 30.3 Å². The number of nitrogens with zero attached hydrogens (tertiary/aromatic N) is 2. The van der Waals surface area contributed by atoms with E-state index in [1.807, 2.05) is 77.4 Å². The van der Waals surface area contributed by atoms with Crippen LogP contribution in [0.3, 0.4) is 0 Å². The van der Waals surface area contributed by atoms with Crippen molar-refractivity contribution in [3.63, 3.8) is 0 Å². The minimum Gasteiger partial charge on any atom is -0.497 e. The predicted molar refractivity (Wildman–Crippen MR) is 119 cm³/mol. The van der Waals surface area contributed by atoms with Crippen molar-refractivity contribution in [2.24, 2.45) is 0 Å². The lowest BCUT2D eigenvalue weighted by Gasteiger charge is -2.34. The van der Waals surface area contributed by atoms with Crippen molar-refractivity contribution < 1.29 is 14.3 Å². The molecule has 0 atom stereocenters. The van der Waals surface area contributed by atoms with Crippen LogP contribution in [0.4, 0.5) is 0 Å². The van der Waals surface area contributed by atoms with Crippen molar-refractivity contribution in [3.8, 4) is 16.9 Å². The van der Waals surface area contributed by atoms with Gasteiger partial charge in [0.05, 0.1) is 12.0 Å². The van der Waals surface area contributed by atoms with E-state index in [9.17, 15) is 9.59 Å². The van der Waals surface area contributed by atoms with E-state index in [0.717, 1.165) is 26.6 Å². The van der Waals surface area contributed by atoms with Crippen molar-refractivity contribution >= 4 is 23.2 Å². The fraction of sp³-hybridized carbons (Fsp3) is 0.250. The lowest BCUT2D eigenvalue weighted by molar-refractivity contribution is 0.0538. The molecule has 1 aliphatic heterocycles. The third kappa shape index (κ3) is 4.09. The summed E-state index contributed by atoms with van der Waals surface area (Å²) in [6.07, 6.45) is 0. The highest BCUT2D eigenvalue weighted by Gasteiger charge is 2.26. The number of rotatable bonds is 4. The van der Waals surface area contributed by atoms with E-state index in [1.165, 1.54) is 11.3 Å². The maximum Gasteiger partial charge on any atom is 0.264 e. The van der Waals surface area contributed by atoms with Crippen molar-refractivity contribution in [3.05, 3.63) is 76.0 Å². The molecule has 0 bridgehead atoms. The number of benzene rings is 2. The largest absolute Gasteiger partial charge is 0.497 e. The zero-order chi connectivity index (χ0) is 21.1. The Hall–Kier alpha value is -3.12. The summed E-state index contributed by atoms with van der Waals surface area (Å²) in [6.45, 7) is 4.24. The molecule has 154 valence electrons. The van der Waals surface area contributed by atoms with Gasteiger partial charge in [-0.25, -0.2) is 0 Å². The second kappa shape index (κ2) is 8.71. The number of hydrogen-bond donors (Lipinski definition) is 0. The smallest absolute Gasteiger partial charge is 0.264 e.